The standard InChI is InChI=1S/C67H75N3/c1-3-4-9-23-47(2)64-65(68-70-63(50-26-12-6-13-27-50)45-51-28-18-19-35-58(51)66(64)70)52-29-22-34-56(44-52)69(55-40-38-49(39-41-55)48-24-10-5-11-25-48)57-42-43-60-59-36-20-21-37-61(59)67(62(60)46-57,53-30-14-7-15-31-53)54-32-16-8-17-33-54/h3-7,9-12,14-16,20,23-24,26,30-32,34,36,38,40,42-44,46,48-49,54-55,59-63H,1,8,13,17-19,21-22,25,27-29,33,35,37,39,41,45H2,2H3/b9-4-,47-23+/t48-,49+,54-,55-,59+,60?,61?,62-,63?,67?/m0/s1. The molecule has 9 aliphatic carbocycles. The lowest BCUT2D eigenvalue weighted by Gasteiger charge is -2.49. The van der Waals surface area contributed by atoms with Crippen LogP contribution in [0.2, 0.25) is 0 Å². The largest absolute Gasteiger partial charge is 0.335 e. The quantitative estimate of drug-likeness (QED) is 0.165. The minimum atomic E-state index is 0.0390. The Morgan fingerprint density at radius 2 is 1.69 bits per heavy atom. The molecule has 1 saturated carbocycles. The second-order valence-corrected chi connectivity index (χ2v) is 22.3. The molecular formula is C67H75N3. The van der Waals surface area contributed by atoms with E-state index in [2.05, 4.69) is 181 Å². The minimum Gasteiger partial charge on any atom is -0.335 e. The molecule has 0 radical (unpaired) electrons. The van der Waals surface area contributed by atoms with Crippen molar-refractivity contribution < 1.29 is 0 Å². The van der Waals surface area contributed by atoms with Gasteiger partial charge >= 0.3 is 0 Å². The van der Waals surface area contributed by atoms with Gasteiger partial charge in [-0.3, -0.25) is 4.68 Å². The highest BCUT2D eigenvalue weighted by Crippen LogP contribution is 2.65. The van der Waals surface area contributed by atoms with Gasteiger partial charge in [-0.05, 0) is 198 Å². The predicted octanol–water partition coefficient (Wildman–Crippen LogP) is 17.0. The van der Waals surface area contributed by atoms with E-state index < -0.39 is 0 Å². The fourth-order valence-electron chi connectivity index (χ4n) is 15.6. The van der Waals surface area contributed by atoms with Gasteiger partial charge in [0, 0.05) is 22.4 Å². The van der Waals surface area contributed by atoms with Crippen molar-refractivity contribution in [3.8, 4) is 0 Å². The third kappa shape index (κ3) is 8.08. The average molecular weight is 922 g/mol. The SMILES string of the molecule is C=C/C=C\C=C(/C)c1c(C2=CC(N(C3=C[C@H]4C(C=C3)[C@H]3C=CCCC3C4(c3ccccc3)[C@H]3C=CCCC3)[C@H]3C=C[C@@H]([C@H]4C=CC=CC4)CC3)=CCC2)nn2c1C1=C(CCCC1)CC2C1=CC=CCC1. The van der Waals surface area contributed by atoms with Crippen LogP contribution in [0.4, 0.5) is 0 Å². The molecule has 0 saturated heterocycles. The first-order valence-corrected chi connectivity index (χ1v) is 27.8. The molecule has 4 unspecified atom stereocenters. The van der Waals surface area contributed by atoms with E-state index in [1.165, 1.54) is 103 Å². The lowest BCUT2D eigenvalue weighted by molar-refractivity contribution is 0.159. The van der Waals surface area contributed by atoms with Gasteiger partial charge in [-0.2, -0.15) is 5.10 Å². The summed E-state index contributed by atoms with van der Waals surface area (Å²) < 4.78 is 2.52. The van der Waals surface area contributed by atoms with Gasteiger partial charge in [0.15, 0.2) is 0 Å². The van der Waals surface area contributed by atoms with Crippen LogP contribution >= 0.6 is 0 Å². The molecule has 358 valence electrons. The van der Waals surface area contributed by atoms with E-state index in [9.17, 15) is 0 Å². The Balaban J connectivity index is 1.01. The van der Waals surface area contributed by atoms with Gasteiger partial charge in [-0.1, -0.05) is 164 Å². The van der Waals surface area contributed by atoms with Crippen molar-refractivity contribution in [1.29, 1.82) is 0 Å². The third-order valence-electron chi connectivity index (χ3n) is 18.7. The highest BCUT2D eigenvalue weighted by molar-refractivity contribution is 5.88. The summed E-state index contributed by atoms with van der Waals surface area (Å²) in [5.41, 5.74) is 15.8. The van der Waals surface area contributed by atoms with Crippen molar-refractivity contribution in [3.05, 3.63) is 216 Å². The van der Waals surface area contributed by atoms with Crippen molar-refractivity contribution in [2.24, 2.45) is 41.4 Å². The monoisotopic (exact) mass is 922 g/mol. The molecule has 1 aromatic carbocycles. The van der Waals surface area contributed by atoms with Gasteiger partial charge in [-0.15, -0.1) is 0 Å². The summed E-state index contributed by atoms with van der Waals surface area (Å²) >= 11 is 0. The number of hydrogen-bond donors (Lipinski definition) is 0. The zero-order valence-corrected chi connectivity index (χ0v) is 41.9. The number of aromatic nitrogens is 2. The Labute approximate surface area is 420 Å². The topological polar surface area (TPSA) is 21.1 Å². The van der Waals surface area contributed by atoms with Crippen molar-refractivity contribution in [1.82, 2.24) is 14.7 Å². The summed E-state index contributed by atoms with van der Waals surface area (Å²) in [6.07, 6.45) is 73.6. The molecule has 3 nitrogen and oxygen atoms in total. The summed E-state index contributed by atoms with van der Waals surface area (Å²) in [6, 6.07) is 12.4. The Morgan fingerprint density at radius 3 is 2.50 bits per heavy atom. The molecular weight excluding hydrogens is 847 g/mol. The molecule has 0 bridgehead atoms. The fraction of sp³-hybridized carbons (Fsp3) is 0.418. The Bertz CT molecular complexity index is 2790. The van der Waals surface area contributed by atoms with E-state index >= 15 is 0 Å². The average Bonchev–Trinajstić information content (AvgIpc) is 3.98. The molecule has 12 rings (SSSR count). The van der Waals surface area contributed by atoms with Crippen LogP contribution in [0.3, 0.4) is 0 Å². The molecule has 2 heterocycles. The number of hydrogen-bond acceptors (Lipinski definition) is 2. The smallest absolute Gasteiger partial charge is 0.0965 e. The van der Waals surface area contributed by atoms with Crippen LogP contribution in [0.1, 0.15) is 145 Å². The lowest BCUT2D eigenvalue weighted by Crippen LogP contribution is -2.46. The van der Waals surface area contributed by atoms with Crippen LogP contribution in [-0.4, -0.2) is 20.7 Å². The maximum absolute atomic E-state index is 5.89. The predicted molar refractivity (Wildman–Crippen MR) is 294 cm³/mol. The number of nitrogens with zero attached hydrogens (tertiary/aromatic N) is 3. The van der Waals surface area contributed by atoms with E-state index in [0.29, 0.717) is 41.4 Å². The molecule has 1 aromatic heterocycles. The highest BCUT2D eigenvalue weighted by Gasteiger charge is 2.62. The van der Waals surface area contributed by atoms with Crippen LogP contribution in [0.15, 0.2) is 193 Å². The summed E-state index contributed by atoms with van der Waals surface area (Å²) in [6.45, 7) is 6.35. The Hall–Kier alpha value is -5.67. The van der Waals surface area contributed by atoms with E-state index in [-0.39, 0.29) is 17.5 Å². The first-order valence-electron chi connectivity index (χ1n) is 27.8. The van der Waals surface area contributed by atoms with Gasteiger partial charge in [-0.25, -0.2) is 0 Å². The van der Waals surface area contributed by atoms with Crippen molar-refractivity contribution in [2.45, 2.75) is 134 Å². The molecule has 10 aliphatic rings. The van der Waals surface area contributed by atoms with E-state index in [0.717, 1.165) is 51.4 Å². The fourth-order valence-corrected chi connectivity index (χ4v) is 15.6. The van der Waals surface area contributed by atoms with Gasteiger partial charge in [0.25, 0.3) is 0 Å². The molecule has 10 atom stereocenters. The second kappa shape index (κ2) is 19.9. The Kier molecular flexibility index (Phi) is 12.9. The van der Waals surface area contributed by atoms with Crippen molar-refractivity contribution in [2.75, 3.05) is 0 Å². The molecule has 1 fully saturated rings. The maximum atomic E-state index is 5.89. The van der Waals surface area contributed by atoms with Gasteiger partial charge in [0.2, 0.25) is 0 Å². The number of rotatable bonds is 11. The zero-order chi connectivity index (χ0) is 47.0. The Morgan fingerprint density at radius 1 is 0.771 bits per heavy atom. The molecule has 1 aliphatic heterocycles. The molecule has 3 heteroatoms. The van der Waals surface area contributed by atoms with E-state index in [1.807, 2.05) is 6.08 Å². The highest BCUT2D eigenvalue weighted by atomic mass is 15.3. The van der Waals surface area contributed by atoms with E-state index in [4.69, 9.17) is 5.10 Å². The van der Waals surface area contributed by atoms with Crippen LogP contribution in [0.5, 0.6) is 0 Å². The summed E-state index contributed by atoms with van der Waals surface area (Å²) in [5, 5.41) is 5.89. The number of benzene rings is 1. The summed E-state index contributed by atoms with van der Waals surface area (Å²) in [4.78, 5) is 2.81. The van der Waals surface area contributed by atoms with Crippen molar-refractivity contribution >= 4 is 16.7 Å². The normalized spacial score (nSPS) is 33.3. The van der Waals surface area contributed by atoms with Gasteiger partial charge in [0.05, 0.1) is 23.5 Å². The molecule has 0 amide bonds. The molecule has 2 aromatic rings. The van der Waals surface area contributed by atoms with Crippen LogP contribution < -0.4 is 0 Å². The summed E-state index contributed by atoms with van der Waals surface area (Å²) in [5.74, 6) is 3.73. The third-order valence-corrected chi connectivity index (χ3v) is 18.7. The molecule has 0 N–H and O–H groups in total. The first kappa shape index (κ1) is 45.5. The van der Waals surface area contributed by atoms with Crippen LogP contribution in [0, 0.1) is 41.4 Å². The second-order valence-electron chi connectivity index (χ2n) is 22.3. The minimum absolute atomic E-state index is 0.0390. The summed E-state index contributed by atoms with van der Waals surface area (Å²) in [7, 11) is 0. The van der Waals surface area contributed by atoms with Gasteiger partial charge in [0.1, 0.15) is 0 Å². The number of allylic oxidation sites excluding steroid dienone is 26. The maximum Gasteiger partial charge on any atom is 0.0965 e. The van der Waals surface area contributed by atoms with Crippen LogP contribution in [0.25, 0.3) is 16.7 Å². The number of fused-ring (bicyclic) bond motifs is 5. The molecule has 70 heavy (non-hydrogen) atoms. The zero-order valence-electron chi connectivity index (χ0n) is 41.9. The molecule has 0 spiro atoms. The first-order chi connectivity index (χ1) is 34.6. The lowest BCUT2D eigenvalue weighted by atomic mass is 9.55. The van der Waals surface area contributed by atoms with E-state index in [1.54, 1.807) is 16.7 Å². The van der Waals surface area contributed by atoms with Gasteiger partial charge < -0.3 is 4.90 Å². The van der Waals surface area contributed by atoms with Crippen LogP contribution in [-0.2, 0) is 5.41 Å². The van der Waals surface area contributed by atoms with Crippen molar-refractivity contribution in [3.63, 3.8) is 0 Å².